The molecule has 3 aromatic rings. The summed E-state index contributed by atoms with van der Waals surface area (Å²) in [6.07, 6.45) is 4.75. The fourth-order valence-electron chi connectivity index (χ4n) is 4.21. The lowest BCUT2D eigenvalue weighted by molar-refractivity contribution is 0.102. The van der Waals surface area contributed by atoms with Crippen LogP contribution >= 0.6 is 22.9 Å². The molecule has 1 fully saturated rings. The van der Waals surface area contributed by atoms with Crippen molar-refractivity contribution in [3.63, 3.8) is 0 Å². The van der Waals surface area contributed by atoms with Gasteiger partial charge in [0.2, 0.25) is 0 Å². The first-order valence-electron chi connectivity index (χ1n) is 11.7. The van der Waals surface area contributed by atoms with Crippen molar-refractivity contribution in [1.29, 1.82) is 0 Å². The van der Waals surface area contributed by atoms with Crippen LogP contribution in [0.1, 0.15) is 48.5 Å². The van der Waals surface area contributed by atoms with Gasteiger partial charge in [-0.3, -0.25) is 10.1 Å². The van der Waals surface area contributed by atoms with Gasteiger partial charge in [-0.15, -0.1) is 0 Å². The second-order valence-corrected chi connectivity index (χ2v) is 10.1. The number of carbonyl (C=O) groups excluding carboxylic acids is 2. The molecule has 1 aromatic heterocycles. The van der Waals surface area contributed by atoms with E-state index in [1.165, 1.54) is 30.6 Å². The number of amides is 3. The topological polar surface area (TPSA) is 86.4 Å². The van der Waals surface area contributed by atoms with Gasteiger partial charge < -0.3 is 15.5 Å². The number of para-hydroxylation sites is 1. The van der Waals surface area contributed by atoms with E-state index in [-0.39, 0.29) is 11.9 Å². The van der Waals surface area contributed by atoms with Gasteiger partial charge in [-0.1, -0.05) is 41.5 Å². The van der Waals surface area contributed by atoms with Crippen LogP contribution in [0.15, 0.2) is 36.4 Å². The van der Waals surface area contributed by atoms with Crippen molar-refractivity contribution >= 4 is 55.9 Å². The van der Waals surface area contributed by atoms with Crippen LogP contribution in [-0.4, -0.2) is 47.5 Å². The number of nitrogens with one attached hydrogen (secondary N) is 3. The number of nitrogens with zero attached hydrogens (tertiary/aromatic N) is 2. The number of thiazole rings is 1. The first kappa shape index (κ1) is 24.4. The minimum Gasteiger partial charge on any atom is -0.338 e. The normalized spacial score (nSPS) is 16.4. The second-order valence-electron chi connectivity index (χ2n) is 8.70. The number of aryl methyl sites for hydroxylation is 1. The average molecular weight is 500 g/mol. The lowest BCUT2D eigenvalue weighted by atomic mass is 10.0. The number of anilines is 2. The summed E-state index contributed by atoms with van der Waals surface area (Å²) in [5.41, 5.74) is 2.72. The Kier molecular flexibility index (Phi) is 8.03. The monoisotopic (exact) mass is 499 g/mol. The number of likely N-dealkylation sites (tertiary alicyclic amines) is 1. The molecule has 7 nitrogen and oxygen atoms in total. The van der Waals surface area contributed by atoms with E-state index >= 15 is 0 Å². The Bertz CT molecular complexity index is 1160. The molecule has 0 spiro atoms. The van der Waals surface area contributed by atoms with Gasteiger partial charge in [0, 0.05) is 24.7 Å². The lowest BCUT2D eigenvalue weighted by Gasteiger charge is -2.33. The van der Waals surface area contributed by atoms with E-state index in [0.717, 1.165) is 35.3 Å². The molecule has 1 atom stereocenters. The maximum absolute atomic E-state index is 12.8. The van der Waals surface area contributed by atoms with E-state index in [9.17, 15) is 9.59 Å². The zero-order chi connectivity index (χ0) is 24.1. The van der Waals surface area contributed by atoms with Crippen molar-refractivity contribution in [2.24, 2.45) is 0 Å². The van der Waals surface area contributed by atoms with Gasteiger partial charge in [-0.25, -0.2) is 9.78 Å². The number of aromatic nitrogens is 1. The van der Waals surface area contributed by atoms with E-state index in [4.69, 9.17) is 11.6 Å². The molecule has 0 saturated carbocycles. The molecule has 1 unspecified atom stereocenters. The number of halogens is 1. The highest BCUT2D eigenvalue weighted by Crippen LogP contribution is 2.29. The van der Waals surface area contributed by atoms with Crippen LogP contribution in [0.2, 0.25) is 5.02 Å². The SMILES string of the molecule is Cc1cccc(Cl)c1NC(=O)c1ccc2nc(NC(=O)NCCCN3CCCCC3C)sc2c1. The van der Waals surface area contributed by atoms with Gasteiger partial charge >= 0.3 is 6.03 Å². The lowest BCUT2D eigenvalue weighted by Crippen LogP contribution is -2.39. The van der Waals surface area contributed by atoms with Crippen molar-refractivity contribution in [3.05, 3.63) is 52.5 Å². The van der Waals surface area contributed by atoms with E-state index in [1.54, 1.807) is 24.3 Å². The molecule has 0 radical (unpaired) electrons. The Morgan fingerprint density at radius 3 is 2.85 bits per heavy atom. The van der Waals surface area contributed by atoms with Gasteiger partial charge in [0.1, 0.15) is 0 Å². The smallest absolute Gasteiger partial charge is 0.321 e. The molecule has 1 aliphatic rings. The van der Waals surface area contributed by atoms with Gasteiger partial charge in [-0.05, 0) is 69.5 Å². The summed E-state index contributed by atoms with van der Waals surface area (Å²) in [7, 11) is 0. The van der Waals surface area contributed by atoms with Crippen LogP contribution in [-0.2, 0) is 0 Å². The third-order valence-electron chi connectivity index (χ3n) is 6.18. The highest BCUT2D eigenvalue weighted by Gasteiger charge is 2.17. The molecule has 180 valence electrons. The van der Waals surface area contributed by atoms with Crippen LogP contribution in [0.3, 0.4) is 0 Å². The first-order chi connectivity index (χ1) is 16.4. The fraction of sp³-hybridized carbons (Fsp3) is 0.400. The number of benzene rings is 2. The Balaban J connectivity index is 1.31. The Morgan fingerprint density at radius 1 is 1.21 bits per heavy atom. The number of hydrogen-bond acceptors (Lipinski definition) is 5. The first-order valence-corrected chi connectivity index (χ1v) is 12.9. The van der Waals surface area contributed by atoms with Crippen LogP contribution in [0.25, 0.3) is 10.2 Å². The standard InChI is InChI=1S/C25H30ClN5O2S/c1-16-7-5-9-19(26)22(16)29-23(32)18-10-11-20-21(15-18)34-25(28-20)30-24(33)27-12-6-14-31-13-4-3-8-17(31)2/h5,7,9-11,15,17H,3-4,6,8,12-14H2,1-2H3,(H,29,32)(H2,27,28,30,33). The van der Waals surface area contributed by atoms with Gasteiger partial charge in [0.15, 0.2) is 5.13 Å². The largest absolute Gasteiger partial charge is 0.338 e. The zero-order valence-corrected chi connectivity index (χ0v) is 21.1. The number of hydrogen-bond donors (Lipinski definition) is 3. The number of urea groups is 1. The van der Waals surface area contributed by atoms with Crippen LogP contribution in [0.5, 0.6) is 0 Å². The second kappa shape index (κ2) is 11.2. The van der Waals surface area contributed by atoms with E-state index < -0.39 is 0 Å². The van der Waals surface area contributed by atoms with E-state index in [0.29, 0.717) is 34.0 Å². The number of rotatable bonds is 7. The minimum atomic E-state index is -0.266. The van der Waals surface area contributed by atoms with Crippen LogP contribution < -0.4 is 16.0 Å². The third kappa shape index (κ3) is 6.05. The summed E-state index contributed by atoms with van der Waals surface area (Å²) in [5.74, 6) is -0.248. The highest BCUT2D eigenvalue weighted by atomic mass is 35.5. The predicted molar refractivity (Wildman–Crippen MR) is 140 cm³/mol. The van der Waals surface area contributed by atoms with Crippen molar-refractivity contribution in [2.45, 2.75) is 45.6 Å². The summed E-state index contributed by atoms with van der Waals surface area (Å²) in [5, 5.41) is 9.59. The molecule has 1 saturated heterocycles. The average Bonchev–Trinajstić information content (AvgIpc) is 3.21. The maximum Gasteiger partial charge on any atom is 0.321 e. The summed E-state index contributed by atoms with van der Waals surface area (Å²) >= 11 is 7.56. The summed E-state index contributed by atoms with van der Waals surface area (Å²) in [6, 6.07) is 11.1. The molecular weight excluding hydrogens is 470 g/mol. The molecule has 3 amide bonds. The predicted octanol–water partition coefficient (Wildman–Crippen LogP) is 5.90. The van der Waals surface area contributed by atoms with Crippen molar-refractivity contribution in [2.75, 3.05) is 30.3 Å². The molecule has 9 heteroatoms. The number of carbonyl (C=O) groups is 2. The van der Waals surface area contributed by atoms with Gasteiger partial charge in [-0.2, -0.15) is 0 Å². The van der Waals surface area contributed by atoms with Gasteiger partial charge in [0.05, 0.1) is 20.9 Å². The molecule has 4 rings (SSSR count). The third-order valence-corrected chi connectivity index (χ3v) is 7.43. The zero-order valence-electron chi connectivity index (χ0n) is 19.5. The molecule has 2 aromatic carbocycles. The summed E-state index contributed by atoms with van der Waals surface area (Å²) in [4.78, 5) is 32.0. The van der Waals surface area contributed by atoms with Crippen molar-refractivity contribution < 1.29 is 9.59 Å². The summed E-state index contributed by atoms with van der Waals surface area (Å²) in [6.45, 7) is 6.94. The minimum absolute atomic E-state index is 0.248. The van der Waals surface area contributed by atoms with Crippen molar-refractivity contribution in [3.8, 4) is 0 Å². The molecule has 0 bridgehead atoms. The fourth-order valence-corrected chi connectivity index (χ4v) is 5.38. The molecular formula is C25H30ClN5O2S. The maximum atomic E-state index is 12.8. The quantitative estimate of drug-likeness (QED) is 0.353. The van der Waals surface area contributed by atoms with Crippen LogP contribution in [0, 0.1) is 6.92 Å². The van der Waals surface area contributed by atoms with Crippen LogP contribution in [0.4, 0.5) is 15.6 Å². The van der Waals surface area contributed by atoms with Crippen molar-refractivity contribution in [1.82, 2.24) is 15.2 Å². The Hall–Kier alpha value is -2.68. The number of fused-ring (bicyclic) bond motifs is 1. The Labute approximate surface area is 208 Å². The number of piperidine rings is 1. The Morgan fingerprint density at radius 2 is 2.06 bits per heavy atom. The molecule has 34 heavy (non-hydrogen) atoms. The highest BCUT2D eigenvalue weighted by molar-refractivity contribution is 7.22. The van der Waals surface area contributed by atoms with E-state index in [2.05, 4.69) is 32.8 Å². The van der Waals surface area contributed by atoms with Gasteiger partial charge in [0.25, 0.3) is 5.91 Å². The molecule has 2 heterocycles. The summed E-state index contributed by atoms with van der Waals surface area (Å²) < 4.78 is 0.818. The molecule has 0 aliphatic carbocycles. The van der Waals surface area contributed by atoms with E-state index in [1.807, 2.05) is 19.1 Å². The molecule has 3 N–H and O–H groups in total. The molecule has 1 aliphatic heterocycles.